The Balaban J connectivity index is 2.05. The molecule has 0 heterocycles. The highest BCUT2D eigenvalue weighted by Gasteiger charge is 2.07. The molecule has 0 fully saturated rings. The Morgan fingerprint density at radius 2 is 1.79 bits per heavy atom. The summed E-state index contributed by atoms with van der Waals surface area (Å²) >= 11 is 5.35. The lowest BCUT2D eigenvalue weighted by Gasteiger charge is -2.16. The van der Waals surface area contributed by atoms with E-state index in [1.165, 1.54) is 6.92 Å². The van der Waals surface area contributed by atoms with Crippen molar-refractivity contribution < 1.29 is 9.53 Å². The first kappa shape index (κ1) is 17.7. The average Bonchev–Trinajstić information content (AvgIpc) is 2.55. The summed E-state index contributed by atoms with van der Waals surface area (Å²) < 4.78 is 5.33. The van der Waals surface area contributed by atoms with Crippen LogP contribution in [0.4, 0.5) is 17.1 Å². The van der Waals surface area contributed by atoms with Gasteiger partial charge in [-0.05, 0) is 61.1 Å². The molecule has 0 bridgehead atoms. The molecule has 0 aliphatic heterocycles. The Labute approximate surface area is 147 Å². The average molecular weight is 343 g/mol. The van der Waals surface area contributed by atoms with Gasteiger partial charge in [0, 0.05) is 25.3 Å². The fourth-order valence-electron chi connectivity index (χ4n) is 2.15. The van der Waals surface area contributed by atoms with Gasteiger partial charge < -0.3 is 20.3 Å². The minimum Gasteiger partial charge on any atom is -0.495 e. The van der Waals surface area contributed by atoms with Crippen LogP contribution in [0.5, 0.6) is 5.75 Å². The fraction of sp³-hybridized carbons (Fsp3) is 0.222. The summed E-state index contributed by atoms with van der Waals surface area (Å²) in [6.07, 6.45) is 0. The van der Waals surface area contributed by atoms with Crippen LogP contribution in [0.15, 0.2) is 42.5 Å². The molecule has 0 unspecified atom stereocenters. The lowest BCUT2D eigenvalue weighted by molar-refractivity contribution is -0.116. The van der Waals surface area contributed by atoms with Gasteiger partial charge in [-0.2, -0.15) is 0 Å². The zero-order valence-electron chi connectivity index (χ0n) is 14.2. The van der Waals surface area contributed by atoms with Gasteiger partial charge in [-0.15, -0.1) is 0 Å². The summed E-state index contributed by atoms with van der Waals surface area (Å²) in [5, 5.41) is 6.72. The summed E-state index contributed by atoms with van der Waals surface area (Å²) in [5.74, 6) is 0.711. The van der Waals surface area contributed by atoms with Gasteiger partial charge in [0.1, 0.15) is 5.75 Å². The maximum Gasteiger partial charge on any atom is 0.223 e. The van der Waals surface area contributed by atoms with Crippen LogP contribution in [0.2, 0.25) is 0 Å². The van der Waals surface area contributed by atoms with Gasteiger partial charge in [0.15, 0.2) is 5.11 Å². The Kier molecular flexibility index (Phi) is 5.76. The molecule has 2 N–H and O–H groups in total. The molecule has 0 saturated carbocycles. The van der Waals surface area contributed by atoms with Crippen molar-refractivity contribution in [2.24, 2.45) is 0 Å². The molecule has 0 aliphatic carbocycles. The van der Waals surface area contributed by atoms with E-state index in [-0.39, 0.29) is 5.91 Å². The standard InChI is InChI=1S/C18H21N3O2S/c1-12-5-10-17(23-4)16(11-12)20-18(24)19-14-6-8-15(9-7-14)21(3)13(2)22/h5-11H,1-4H3,(H2,19,20,24). The maximum absolute atomic E-state index is 11.4. The summed E-state index contributed by atoms with van der Waals surface area (Å²) in [7, 11) is 3.36. The number of hydrogen-bond acceptors (Lipinski definition) is 3. The van der Waals surface area contributed by atoms with Crippen LogP contribution in [-0.2, 0) is 4.79 Å². The highest BCUT2D eigenvalue weighted by molar-refractivity contribution is 7.80. The number of nitrogens with zero attached hydrogens (tertiary/aromatic N) is 1. The van der Waals surface area contributed by atoms with E-state index in [1.807, 2.05) is 49.4 Å². The molecule has 6 heteroatoms. The quantitative estimate of drug-likeness (QED) is 0.827. The largest absolute Gasteiger partial charge is 0.495 e. The van der Waals surface area contributed by atoms with Crippen molar-refractivity contribution in [3.63, 3.8) is 0 Å². The van der Waals surface area contributed by atoms with Crippen LogP contribution in [0.1, 0.15) is 12.5 Å². The Morgan fingerprint density at radius 1 is 1.12 bits per heavy atom. The van der Waals surface area contributed by atoms with E-state index in [9.17, 15) is 4.79 Å². The first-order valence-electron chi connectivity index (χ1n) is 7.47. The lowest BCUT2D eigenvalue weighted by atomic mass is 10.2. The van der Waals surface area contributed by atoms with E-state index in [1.54, 1.807) is 19.1 Å². The normalized spacial score (nSPS) is 10.0. The second-order valence-electron chi connectivity index (χ2n) is 5.41. The topological polar surface area (TPSA) is 53.6 Å². The van der Waals surface area contributed by atoms with Crippen molar-refractivity contribution in [2.75, 3.05) is 29.7 Å². The molecular formula is C18H21N3O2S. The van der Waals surface area contributed by atoms with Gasteiger partial charge in [-0.25, -0.2) is 0 Å². The predicted molar refractivity (Wildman–Crippen MR) is 103 cm³/mol. The number of rotatable bonds is 4. The van der Waals surface area contributed by atoms with E-state index in [0.29, 0.717) is 5.11 Å². The van der Waals surface area contributed by atoms with Crippen LogP contribution >= 0.6 is 12.2 Å². The number of aryl methyl sites for hydroxylation is 1. The summed E-state index contributed by atoms with van der Waals surface area (Å²) in [5.41, 5.74) is 3.58. The molecule has 0 spiro atoms. The number of carbonyl (C=O) groups excluding carboxylic acids is 1. The Morgan fingerprint density at radius 3 is 2.38 bits per heavy atom. The molecule has 1 amide bonds. The highest BCUT2D eigenvalue weighted by Crippen LogP contribution is 2.25. The minimum absolute atomic E-state index is 0.0144. The highest BCUT2D eigenvalue weighted by atomic mass is 32.1. The summed E-state index contributed by atoms with van der Waals surface area (Å²) in [6, 6.07) is 13.3. The van der Waals surface area contributed by atoms with Gasteiger partial charge in [-0.1, -0.05) is 6.07 Å². The monoisotopic (exact) mass is 343 g/mol. The number of amides is 1. The molecule has 2 aromatic carbocycles. The van der Waals surface area contributed by atoms with E-state index in [2.05, 4.69) is 10.6 Å². The third-order valence-electron chi connectivity index (χ3n) is 3.59. The molecule has 0 aliphatic rings. The number of carbonyl (C=O) groups is 1. The van der Waals surface area contributed by atoms with E-state index >= 15 is 0 Å². The number of ether oxygens (including phenoxy) is 1. The second kappa shape index (κ2) is 7.79. The van der Waals surface area contributed by atoms with Crippen molar-refractivity contribution in [3.8, 4) is 5.75 Å². The lowest BCUT2D eigenvalue weighted by Crippen LogP contribution is -2.23. The predicted octanol–water partition coefficient (Wildman–Crippen LogP) is 3.80. The van der Waals surface area contributed by atoms with Crippen LogP contribution in [0, 0.1) is 6.92 Å². The fourth-order valence-corrected chi connectivity index (χ4v) is 2.38. The van der Waals surface area contributed by atoms with Gasteiger partial charge in [0.2, 0.25) is 5.91 Å². The molecule has 0 radical (unpaired) electrons. The third-order valence-corrected chi connectivity index (χ3v) is 3.79. The molecular weight excluding hydrogens is 322 g/mol. The molecule has 0 atom stereocenters. The van der Waals surface area contributed by atoms with E-state index in [4.69, 9.17) is 17.0 Å². The molecule has 5 nitrogen and oxygen atoms in total. The van der Waals surface area contributed by atoms with Gasteiger partial charge >= 0.3 is 0 Å². The first-order chi connectivity index (χ1) is 11.4. The number of methoxy groups -OCH3 is 1. The number of thiocarbonyl (C=S) groups is 1. The third kappa shape index (κ3) is 4.45. The second-order valence-corrected chi connectivity index (χ2v) is 5.82. The molecule has 0 saturated heterocycles. The smallest absolute Gasteiger partial charge is 0.223 e. The number of hydrogen-bond donors (Lipinski definition) is 2. The number of anilines is 3. The SMILES string of the molecule is COc1ccc(C)cc1NC(=S)Nc1ccc(N(C)C(C)=O)cc1. The van der Waals surface area contributed by atoms with Crippen molar-refractivity contribution in [1.82, 2.24) is 0 Å². The van der Waals surface area contributed by atoms with Gasteiger partial charge in [0.05, 0.1) is 12.8 Å². The number of nitrogens with one attached hydrogen (secondary N) is 2. The molecule has 2 rings (SSSR count). The Bertz CT molecular complexity index is 744. The summed E-state index contributed by atoms with van der Waals surface area (Å²) in [6.45, 7) is 3.53. The Hall–Kier alpha value is -2.60. The van der Waals surface area contributed by atoms with Crippen LogP contribution in [-0.4, -0.2) is 25.2 Å². The molecule has 24 heavy (non-hydrogen) atoms. The van der Waals surface area contributed by atoms with Gasteiger partial charge in [0.25, 0.3) is 0 Å². The molecule has 2 aromatic rings. The summed E-state index contributed by atoms with van der Waals surface area (Å²) in [4.78, 5) is 12.9. The van der Waals surface area contributed by atoms with Crippen molar-refractivity contribution in [1.29, 1.82) is 0 Å². The van der Waals surface area contributed by atoms with Crippen molar-refractivity contribution >= 4 is 40.3 Å². The van der Waals surface area contributed by atoms with E-state index < -0.39 is 0 Å². The van der Waals surface area contributed by atoms with Crippen molar-refractivity contribution in [3.05, 3.63) is 48.0 Å². The minimum atomic E-state index is -0.0144. The van der Waals surface area contributed by atoms with Crippen LogP contribution in [0.25, 0.3) is 0 Å². The maximum atomic E-state index is 11.4. The number of benzene rings is 2. The molecule has 0 aromatic heterocycles. The first-order valence-corrected chi connectivity index (χ1v) is 7.88. The molecule has 126 valence electrons. The zero-order chi connectivity index (χ0) is 17.7. The van der Waals surface area contributed by atoms with Crippen molar-refractivity contribution in [2.45, 2.75) is 13.8 Å². The van der Waals surface area contributed by atoms with Crippen LogP contribution < -0.4 is 20.3 Å². The van der Waals surface area contributed by atoms with Crippen LogP contribution in [0.3, 0.4) is 0 Å². The van der Waals surface area contributed by atoms with E-state index in [0.717, 1.165) is 28.4 Å². The van der Waals surface area contributed by atoms with Gasteiger partial charge in [-0.3, -0.25) is 4.79 Å². The zero-order valence-corrected chi connectivity index (χ0v) is 15.0.